The fourth-order valence-corrected chi connectivity index (χ4v) is 1.56. The Hall–Kier alpha value is -1.36. The van der Waals surface area contributed by atoms with Crippen LogP contribution in [0.3, 0.4) is 0 Å². The average molecular weight is 225 g/mol. The van der Waals surface area contributed by atoms with E-state index in [0.29, 0.717) is 6.42 Å². The van der Waals surface area contributed by atoms with E-state index in [1.165, 1.54) is 0 Å². The standard InChI is InChI=1S/C11H19N3O2/c1-2-4-10(11(15)16)13-5-3-7-14-8-6-12-9-14/h6,8-10,13H,2-5,7H2,1H3,(H,15,16). The van der Waals surface area contributed by atoms with Crippen molar-refractivity contribution in [2.45, 2.75) is 38.8 Å². The zero-order valence-electron chi connectivity index (χ0n) is 9.59. The maximum atomic E-state index is 10.8. The van der Waals surface area contributed by atoms with Gasteiger partial charge in [0.15, 0.2) is 0 Å². The number of carboxylic acid groups (broad SMARTS) is 1. The lowest BCUT2D eigenvalue weighted by Crippen LogP contribution is -2.37. The summed E-state index contributed by atoms with van der Waals surface area (Å²) in [7, 11) is 0. The van der Waals surface area contributed by atoms with Crippen molar-refractivity contribution in [3.8, 4) is 0 Å². The van der Waals surface area contributed by atoms with Gasteiger partial charge < -0.3 is 15.0 Å². The van der Waals surface area contributed by atoms with Crippen LogP contribution in [-0.2, 0) is 11.3 Å². The lowest BCUT2D eigenvalue weighted by atomic mass is 10.1. The molecular formula is C11H19N3O2. The molecule has 1 aromatic rings. The molecule has 90 valence electrons. The molecule has 2 N–H and O–H groups in total. The van der Waals surface area contributed by atoms with Crippen molar-refractivity contribution in [2.75, 3.05) is 6.54 Å². The summed E-state index contributed by atoms with van der Waals surface area (Å²) in [5, 5.41) is 12.0. The van der Waals surface area contributed by atoms with Crippen LogP contribution in [0.5, 0.6) is 0 Å². The number of nitrogens with zero attached hydrogens (tertiary/aromatic N) is 2. The first-order valence-corrected chi connectivity index (χ1v) is 5.66. The highest BCUT2D eigenvalue weighted by Crippen LogP contribution is 1.97. The summed E-state index contributed by atoms with van der Waals surface area (Å²) in [5.74, 6) is -0.760. The molecule has 0 bridgehead atoms. The van der Waals surface area contributed by atoms with Crippen LogP contribution in [0.2, 0.25) is 0 Å². The molecule has 0 saturated heterocycles. The first-order valence-electron chi connectivity index (χ1n) is 5.66. The fraction of sp³-hybridized carbons (Fsp3) is 0.636. The number of nitrogens with one attached hydrogen (secondary N) is 1. The van der Waals surface area contributed by atoms with E-state index in [1.807, 2.05) is 17.7 Å². The number of aryl methyl sites for hydroxylation is 1. The van der Waals surface area contributed by atoms with Gasteiger partial charge in [-0.2, -0.15) is 0 Å². The largest absolute Gasteiger partial charge is 0.480 e. The van der Waals surface area contributed by atoms with E-state index in [4.69, 9.17) is 5.11 Å². The minimum atomic E-state index is -0.760. The molecule has 1 aromatic heterocycles. The van der Waals surface area contributed by atoms with E-state index in [2.05, 4.69) is 10.3 Å². The van der Waals surface area contributed by atoms with Crippen LogP contribution in [0.25, 0.3) is 0 Å². The lowest BCUT2D eigenvalue weighted by molar-refractivity contribution is -0.139. The van der Waals surface area contributed by atoms with Gasteiger partial charge in [-0.15, -0.1) is 0 Å². The van der Waals surface area contributed by atoms with Crippen LogP contribution in [-0.4, -0.2) is 33.2 Å². The first kappa shape index (κ1) is 12.7. The van der Waals surface area contributed by atoms with Crippen LogP contribution in [0.15, 0.2) is 18.7 Å². The third-order valence-corrected chi connectivity index (χ3v) is 2.42. The highest BCUT2D eigenvalue weighted by molar-refractivity contribution is 5.73. The van der Waals surface area contributed by atoms with Crippen molar-refractivity contribution in [3.05, 3.63) is 18.7 Å². The van der Waals surface area contributed by atoms with Crippen molar-refractivity contribution in [3.63, 3.8) is 0 Å². The third kappa shape index (κ3) is 4.44. The van der Waals surface area contributed by atoms with Gasteiger partial charge in [0.05, 0.1) is 6.33 Å². The van der Waals surface area contributed by atoms with E-state index in [0.717, 1.165) is 25.9 Å². The quantitative estimate of drug-likeness (QED) is 0.650. The molecule has 1 atom stereocenters. The molecule has 0 amide bonds. The second-order valence-electron chi connectivity index (χ2n) is 3.79. The number of hydrogen-bond donors (Lipinski definition) is 2. The van der Waals surface area contributed by atoms with Gasteiger partial charge >= 0.3 is 5.97 Å². The number of imidazole rings is 1. The molecule has 0 spiro atoms. The molecular weight excluding hydrogens is 206 g/mol. The number of rotatable bonds is 8. The molecule has 0 aliphatic heterocycles. The van der Waals surface area contributed by atoms with Crippen molar-refractivity contribution in [1.82, 2.24) is 14.9 Å². The molecule has 0 aliphatic carbocycles. The van der Waals surface area contributed by atoms with Gasteiger partial charge in [0.2, 0.25) is 0 Å². The maximum Gasteiger partial charge on any atom is 0.320 e. The van der Waals surface area contributed by atoms with Crippen LogP contribution < -0.4 is 5.32 Å². The molecule has 0 saturated carbocycles. The third-order valence-electron chi connectivity index (χ3n) is 2.42. The number of carbonyl (C=O) groups is 1. The summed E-state index contributed by atoms with van der Waals surface area (Å²) in [6.07, 6.45) is 7.88. The van der Waals surface area contributed by atoms with Crippen LogP contribution >= 0.6 is 0 Å². The monoisotopic (exact) mass is 225 g/mol. The predicted molar refractivity (Wildman–Crippen MR) is 61.2 cm³/mol. The maximum absolute atomic E-state index is 10.8. The Labute approximate surface area is 95.5 Å². The summed E-state index contributed by atoms with van der Waals surface area (Å²) in [6.45, 7) is 3.57. The second-order valence-corrected chi connectivity index (χ2v) is 3.79. The van der Waals surface area contributed by atoms with E-state index in [9.17, 15) is 4.79 Å². The minimum absolute atomic E-state index is 0.409. The average Bonchev–Trinajstić information content (AvgIpc) is 2.75. The van der Waals surface area contributed by atoms with Gasteiger partial charge in [0.1, 0.15) is 6.04 Å². The van der Waals surface area contributed by atoms with Gasteiger partial charge in [0.25, 0.3) is 0 Å². The van der Waals surface area contributed by atoms with E-state index < -0.39 is 12.0 Å². The number of aliphatic carboxylic acids is 1. The zero-order chi connectivity index (χ0) is 11.8. The van der Waals surface area contributed by atoms with Gasteiger partial charge in [0, 0.05) is 18.9 Å². The first-order chi connectivity index (χ1) is 7.74. The number of hydrogen-bond acceptors (Lipinski definition) is 3. The smallest absolute Gasteiger partial charge is 0.320 e. The van der Waals surface area contributed by atoms with Gasteiger partial charge in [-0.25, -0.2) is 4.98 Å². The minimum Gasteiger partial charge on any atom is -0.480 e. The molecule has 5 nitrogen and oxygen atoms in total. The van der Waals surface area contributed by atoms with Gasteiger partial charge in [-0.3, -0.25) is 4.79 Å². The summed E-state index contributed by atoms with van der Waals surface area (Å²) >= 11 is 0. The topological polar surface area (TPSA) is 67.2 Å². The highest BCUT2D eigenvalue weighted by atomic mass is 16.4. The molecule has 5 heteroatoms. The highest BCUT2D eigenvalue weighted by Gasteiger charge is 2.14. The lowest BCUT2D eigenvalue weighted by Gasteiger charge is -2.13. The molecule has 0 fully saturated rings. The Kier molecular flexibility index (Phi) is 5.56. The number of carboxylic acids is 1. The zero-order valence-corrected chi connectivity index (χ0v) is 9.59. The van der Waals surface area contributed by atoms with E-state index in [1.54, 1.807) is 12.5 Å². The molecule has 0 aliphatic rings. The Balaban J connectivity index is 2.15. The second kappa shape index (κ2) is 7.00. The van der Waals surface area contributed by atoms with E-state index >= 15 is 0 Å². The van der Waals surface area contributed by atoms with Gasteiger partial charge in [-0.05, 0) is 19.4 Å². The van der Waals surface area contributed by atoms with E-state index in [-0.39, 0.29) is 0 Å². The molecule has 1 unspecified atom stereocenters. The Morgan fingerprint density at radius 2 is 2.44 bits per heavy atom. The summed E-state index contributed by atoms with van der Waals surface area (Å²) in [6, 6.07) is -0.409. The normalized spacial score (nSPS) is 12.6. The van der Waals surface area contributed by atoms with Crippen molar-refractivity contribution in [1.29, 1.82) is 0 Å². The summed E-state index contributed by atoms with van der Waals surface area (Å²) < 4.78 is 1.98. The van der Waals surface area contributed by atoms with Crippen molar-refractivity contribution < 1.29 is 9.90 Å². The van der Waals surface area contributed by atoms with Gasteiger partial charge in [-0.1, -0.05) is 13.3 Å². The molecule has 1 rings (SSSR count). The SMILES string of the molecule is CCCC(NCCCn1ccnc1)C(=O)O. The van der Waals surface area contributed by atoms with Crippen LogP contribution in [0, 0.1) is 0 Å². The summed E-state index contributed by atoms with van der Waals surface area (Å²) in [5.41, 5.74) is 0. The summed E-state index contributed by atoms with van der Waals surface area (Å²) in [4.78, 5) is 14.8. The van der Waals surface area contributed by atoms with Crippen molar-refractivity contribution in [2.24, 2.45) is 0 Å². The Bertz CT molecular complexity index is 298. The number of aromatic nitrogens is 2. The van der Waals surface area contributed by atoms with Crippen molar-refractivity contribution >= 4 is 5.97 Å². The Morgan fingerprint density at radius 1 is 1.62 bits per heavy atom. The molecule has 0 aromatic carbocycles. The van der Waals surface area contributed by atoms with Crippen LogP contribution in [0.4, 0.5) is 0 Å². The molecule has 0 radical (unpaired) electrons. The molecule has 16 heavy (non-hydrogen) atoms. The predicted octanol–water partition coefficient (Wildman–Crippen LogP) is 1.12. The van der Waals surface area contributed by atoms with Crippen LogP contribution in [0.1, 0.15) is 26.2 Å². The molecule has 1 heterocycles. The fourth-order valence-electron chi connectivity index (χ4n) is 1.56. The Morgan fingerprint density at radius 3 is 3.00 bits per heavy atom.